The maximum atomic E-state index is 14.3. The van der Waals surface area contributed by atoms with E-state index in [0.29, 0.717) is 48.6 Å². The molecule has 0 unspecified atom stereocenters. The molecule has 228 valence electrons. The summed E-state index contributed by atoms with van der Waals surface area (Å²) in [6.45, 7) is 9.75. The van der Waals surface area contributed by atoms with Gasteiger partial charge in [0.05, 0.1) is 31.8 Å². The predicted molar refractivity (Wildman–Crippen MR) is 161 cm³/mol. The van der Waals surface area contributed by atoms with E-state index in [2.05, 4.69) is 0 Å². The van der Waals surface area contributed by atoms with Crippen LogP contribution in [0.5, 0.6) is 5.75 Å². The molecule has 2 aromatic heterocycles. The molecule has 1 aliphatic rings. The van der Waals surface area contributed by atoms with Crippen LogP contribution in [0.4, 0.5) is 0 Å². The van der Waals surface area contributed by atoms with Crippen LogP contribution >= 0.6 is 11.3 Å². The largest absolute Gasteiger partial charge is 0.496 e. The van der Waals surface area contributed by atoms with Gasteiger partial charge in [0.2, 0.25) is 0 Å². The van der Waals surface area contributed by atoms with Gasteiger partial charge in [0.15, 0.2) is 5.78 Å². The number of nitrogens with zero attached hydrogens (tertiary/aromatic N) is 2. The summed E-state index contributed by atoms with van der Waals surface area (Å²) in [5.74, 6) is -0.198. The molecule has 0 saturated carbocycles. The second kappa shape index (κ2) is 13.4. The van der Waals surface area contributed by atoms with Crippen molar-refractivity contribution in [1.29, 1.82) is 0 Å². The first-order valence-electron chi connectivity index (χ1n) is 14.4. The minimum absolute atomic E-state index is 0.0214. The minimum atomic E-state index is -1.42. The lowest BCUT2D eigenvalue weighted by atomic mass is 9.95. The number of methoxy groups -OCH3 is 1. The molecular formula is C31H40N2O8S. The fraction of sp³-hybridized carbons (Fsp3) is 0.548. The molecule has 1 saturated heterocycles. The number of aryl methyl sites for hydroxylation is 1. The van der Waals surface area contributed by atoms with E-state index in [1.807, 2.05) is 31.2 Å². The summed E-state index contributed by atoms with van der Waals surface area (Å²) >= 11 is 1.04. The molecule has 0 spiro atoms. The number of ether oxygens (including phenoxy) is 4. The Morgan fingerprint density at radius 3 is 2.48 bits per heavy atom. The molecule has 10 nitrogen and oxygen atoms in total. The monoisotopic (exact) mass is 600 g/mol. The maximum absolute atomic E-state index is 14.3. The van der Waals surface area contributed by atoms with Gasteiger partial charge in [-0.05, 0) is 58.6 Å². The molecule has 4 rings (SSSR count). The van der Waals surface area contributed by atoms with Crippen LogP contribution in [0.15, 0.2) is 33.9 Å². The molecule has 0 amide bonds. The molecule has 1 atom stereocenters. The van der Waals surface area contributed by atoms with Crippen LogP contribution in [0.1, 0.15) is 80.3 Å². The molecule has 11 heteroatoms. The molecule has 3 aromatic rings. The van der Waals surface area contributed by atoms with Gasteiger partial charge >= 0.3 is 11.7 Å². The average molecular weight is 601 g/mol. The molecule has 0 radical (unpaired) electrons. The Bertz CT molecular complexity index is 1560. The van der Waals surface area contributed by atoms with Crippen molar-refractivity contribution < 1.29 is 28.5 Å². The Morgan fingerprint density at radius 1 is 1.14 bits per heavy atom. The van der Waals surface area contributed by atoms with Crippen LogP contribution in [-0.4, -0.2) is 53.9 Å². The molecule has 42 heavy (non-hydrogen) atoms. The third kappa shape index (κ3) is 6.09. The van der Waals surface area contributed by atoms with E-state index >= 15 is 0 Å². The van der Waals surface area contributed by atoms with Crippen molar-refractivity contribution in [2.75, 3.05) is 26.9 Å². The Balaban J connectivity index is 1.99. The van der Waals surface area contributed by atoms with Crippen molar-refractivity contribution in [1.82, 2.24) is 9.13 Å². The second-order valence-corrected chi connectivity index (χ2v) is 11.9. The summed E-state index contributed by atoms with van der Waals surface area (Å²) in [4.78, 5) is 55.1. The van der Waals surface area contributed by atoms with Crippen molar-refractivity contribution >= 4 is 33.3 Å². The van der Waals surface area contributed by atoms with Gasteiger partial charge in [-0.1, -0.05) is 25.1 Å². The zero-order chi connectivity index (χ0) is 30.6. The van der Waals surface area contributed by atoms with Crippen LogP contribution in [0.25, 0.3) is 10.2 Å². The first kappa shape index (κ1) is 31.7. The summed E-state index contributed by atoms with van der Waals surface area (Å²) in [6, 6.07) is 7.45. The number of carbonyl (C=O) groups is 2. The zero-order valence-electron chi connectivity index (χ0n) is 25.2. The van der Waals surface area contributed by atoms with Gasteiger partial charge in [-0.25, -0.2) is 14.2 Å². The first-order valence-corrected chi connectivity index (χ1v) is 15.2. The van der Waals surface area contributed by atoms with Gasteiger partial charge in [0.1, 0.15) is 27.1 Å². The van der Waals surface area contributed by atoms with Gasteiger partial charge in [0.25, 0.3) is 5.56 Å². The fourth-order valence-corrected chi connectivity index (χ4v) is 6.60. The number of hydrogen-bond acceptors (Lipinski definition) is 9. The van der Waals surface area contributed by atoms with Crippen molar-refractivity contribution in [3.8, 4) is 5.75 Å². The lowest BCUT2D eigenvalue weighted by Crippen LogP contribution is -2.52. The number of hydrogen-bond donors (Lipinski definition) is 0. The minimum Gasteiger partial charge on any atom is -0.496 e. The summed E-state index contributed by atoms with van der Waals surface area (Å²) < 4.78 is 25.6. The number of benzene rings is 1. The third-order valence-corrected chi connectivity index (χ3v) is 9.05. The van der Waals surface area contributed by atoms with Gasteiger partial charge in [-0.15, -0.1) is 11.3 Å². The van der Waals surface area contributed by atoms with Crippen molar-refractivity contribution in [2.24, 2.45) is 0 Å². The second-order valence-electron chi connectivity index (χ2n) is 10.9. The summed E-state index contributed by atoms with van der Waals surface area (Å²) in [7, 11) is 1.57. The van der Waals surface area contributed by atoms with E-state index < -0.39 is 28.9 Å². The van der Waals surface area contributed by atoms with Gasteiger partial charge in [0, 0.05) is 25.2 Å². The van der Waals surface area contributed by atoms with Gasteiger partial charge < -0.3 is 18.9 Å². The lowest BCUT2D eigenvalue weighted by Gasteiger charge is -2.30. The highest BCUT2D eigenvalue weighted by Gasteiger charge is 2.36. The van der Waals surface area contributed by atoms with E-state index in [1.165, 1.54) is 4.57 Å². The maximum Gasteiger partial charge on any atom is 0.348 e. The van der Waals surface area contributed by atoms with Crippen LogP contribution in [0.2, 0.25) is 0 Å². The topological polar surface area (TPSA) is 115 Å². The van der Waals surface area contributed by atoms with E-state index in [-0.39, 0.29) is 41.7 Å². The van der Waals surface area contributed by atoms with Crippen LogP contribution < -0.4 is 16.0 Å². The standard InChI is InChI=1S/C31H40N2O8S/c1-7-11-24(34)31(4,5)33-27(35)25-19(3)26(29(36)40-8-2)42-28(25)32(30(33)37)18-23(41-20-14-16-39-17-15-20)21-12-9-10-13-22(21)38-6/h9-10,12-13,20,23H,7-8,11,14-18H2,1-6H3/t23-/m0/s1. The number of para-hydroxylation sites is 1. The van der Waals surface area contributed by atoms with Gasteiger partial charge in [-0.3, -0.25) is 14.2 Å². The summed E-state index contributed by atoms with van der Waals surface area (Å²) in [5, 5.41) is 0.213. The Labute approximate surface area is 249 Å². The lowest BCUT2D eigenvalue weighted by molar-refractivity contribution is -0.126. The number of rotatable bonds is 12. The molecule has 0 bridgehead atoms. The zero-order valence-corrected chi connectivity index (χ0v) is 26.0. The van der Waals surface area contributed by atoms with Crippen LogP contribution in [-0.2, 0) is 31.1 Å². The fourth-order valence-electron chi connectivity index (χ4n) is 5.41. The average Bonchev–Trinajstić information content (AvgIpc) is 3.32. The molecule has 3 heterocycles. The molecule has 1 aliphatic heterocycles. The van der Waals surface area contributed by atoms with Crippen LogP contribution in [0, 0.1) is 6.92 Å². The van der Waals surface area contributed by atoms with E-state index in [1.54, 1.807) is 34.8 Å². The number of aromatic nitrogens is 2. The van der Waals surface area contributed by atoms with E-state index in [9.17, 15) is 19.2 Å². The number of ketones is 1. The number of esters is 1. The number of carbonyl (C=O) groups excluding carboxylic acids is 2. The van der Waals surface area contributed by atoms with E-state index in [4.69, 9.17) is 18.9 Å². The normalized spacial score (nSPS) is 15.1. The highest BCUT2D eigenvalue weighted by Crippen LogP contribution is 2.34. The highest BCUT2D eigenvalue weighted by molar-refractivity contribution is 7.20. The molecule has 0 aliphatic carbocycles. The van der Waals surface area contributed by atoms with Crippen molar-refractivity contribution in [2.45, 2.75) is 84.6 Å². The highest BCUT2D eigenvalue weighted by atomic mass is 32.1. The molecule has 0 N–H and O–H groups in total. The Morgan fingerprint density at radius 2 is 1.83 bits per heavy atom. The molecule has 1 aromatic carbocycles. The number of fused-ring (bicyclic) bond motifs is 1. The summed E-state index contributed by atoms with van der Waals surface area (Å²) in [5.41, 5.74) is -1.51. The third-order valence-electron chi connectivity index (χ3n) is 7.75. The van der Waals surface area contributed by atoms with Crippen LogP contribution in [0.3, 0.4) is 0 Å². The molecule has 1 fully saturated rings. The quantitative estimate of drug-likeness (QED) is 0.274. The number of thiophene rings is 1. The van der Waals surface area contributed by atoms with Gasteiger partial charge in [-0.2, -0.15) is 0 Å². The number of Topliss-reactive ketones (excluding diaryl/α,β-unsaturated/α-hetero) is 1. The first-order chi connectivity index (χ1) is 20.1. The van der Waals surface area contributed by atoms with Crippen molar-refractivity contribution in [3.63, 3.8) is 0 Å². The predicted octanol–water partition coefficient (Wildman–Crippen LogP) is 4.76. The smallest absolute Gasteiger partial charge is 0.348 e. The van der Waals surface area contributed by atoms with Crippen molar-refractivity contribution in [3.05, 3.63) is 61.1 Å². The Hall–Kier alpha value is -3.28. The SMILES string of the molecule is CCCC(=O)C(C)(C)n1c(=O)c2c(C)c(C(=O)OCC)sc2n(C[C@H](OC2CCOCC2)c2ccccc2OC)c1=O. The van der Waals surface area contributed by atoms with E-state index in [0.717, 1.165) is 21.5 Å². The summed E-state index contributed by atoms with van der Waals surface area (Å²) in [6.07, 6.45) is 1.42. The molecular weight excluding hydrogens is 560 g/mol. The Kier molecular flexibility index (Phi) is 10.1.